The Morgan fingerprint density at radius 3 is 2.71 bits per heavy atom. The van der Waals surface area contributed by atoms with E-state index in [1.807, 2.05) is 0 Å². The van der Waals surface area contributed by atoms with Gasteiger partial charge in [0.05, 0.1) is 5.02 Å². The lowest BCUT2D eigenvalue weighted by atomic mass is 10.3. The summed E-state index contributed by atoms with van der Waals surface area (Å²) in [4.78, 5) is 0. The minimum absolute atomic E-state index is 0.349. The highest BCUT2D eigenvalue weighted by Gasteiger charge is 2.18. The second-order valence-corrected chi connectivity index (χ2v) is 4.35. The normalized spacial score (nSPS) is 17.0. The summed E-state index contributed by atoms with van der Waals surface area (Å²) in [6.07, 6.45) is 1.39. The van der Waals surface area contributed by atoms with E-state index in [-0.39, 0.29) is 0 Å². The van der Waals surface area contributed by atoms with Crippen LogP contribution in [0.1, 0.15) is 0 Å². The molecule has 1 heterocycles. The second kappa shape index (κ2) is 4.97. The maximum absolute atomic E-state index is 5.93. The molecule has 1 aliphatic heterocycles. The van der Waals surface area contributed by atoms with Crippen molar-refractivity contribution in [2.24, 2.45) is 5.84 Å². The van der Waals surface area contributed by atoms with E-state index in [0.29, 0.717) is 26.7 Å². The van der Waals surface area contributed by atoms with Gasteiger partial charge in [0, 0.05) is 5.02 Å². The van der Waals surface area contributed by atoms with Gasteiger partial charge in [-0.05, 0) is 30.4 Å². The Balaban J connectivity index is 2.12. The topological polar surface area (TPSA) is 62.5 Å². The van der Waals surface area contributed by atoms with Gasteiger partial charge < -0.3 is 4.74 Å². The van der Waals surface area contributed by atoms with Crippen molar-refractivity contribution >= 4 is 40.5 Å². The van der Waals surface area contributed by atoms with Crippen molar-refractivity contribution in [1.29, 1.82) is 0 Å². The zero-order valence-corrected chi connectivity index (χ0v) is 10.7. The second-order valence-electron chi connectivity index (χ2n) is 3.12. The summed E-state index contributed by atoms with van der Waals surface area (Å²) in [5, 5.41) is 2.53. The molecule has 1 aliphatic rings. The SMILES string of the molecule is NN1C(=S)NNC1=COc1ccc(Cl)cc1Cl. The standard InChI is InChI=1S/C9H8Cl2N4OS/c10-5-1-2-7(6(11)3-5)16-4-8-13-14-9(17)15(8)12/h1-4,13H,12H2,(H,14,17). The van der Waals surface area contributed by atoms with E-state index in [2.05, 4.69) is 10.9 Å². The van der Waals surface area contributed by atoms with Crippen LogP contribution >= 0.6 is 35.4 Å². The molecule has 4 N–H and O–H groups in total. The molecule has 1 aromatic carbocycles. The van der Waals surface area contributed by atoms with Crippen molar-refractivity contribution in [3.63, 3.8) is 0 Å². The maximum atomic E-state index is 5.93. The van der Waals surface area contributed by atoms with E-state index >= 15 is 0 Å². The van der Waals surface area contributed by atoms with Crippen molar-refractivity contribution in [2.45, 2.75) is 0 Å². The summed E-state index contributed by atoms with van der Waals surface area (Å²) in [5.41, 5.74) is 5.39. The third-order valence-corrected chi connectivity index (χ3v) is 2.80. The molecule has 0 unspecified atom stereocenters. The van der Waals surface area contributed by atoms with Gasteiger partial charge in [0.1, 0.15) is 12.0 Å². The number of hydrazine groups is 2. The summed E-state index contributed by atoms with van der Waals surface area (Å²) in [6.45, 7) is 0. The Bertz CT molecular complexity index is 494. The van der Waals surface area contributed by atoms with Crippen LogP contribution in [0.25, 0.3) is 0 Å². The van der Waals surface area contributed by atoms with Crippen molar-refractivity contribution in [3.05, 3.63) is 40.3 Å². The molecule has 0 spiro atoms. The summed E-state index contributed by atoms with van der Waals surface area (Å²) < 4.78 is 5.36. The van der Waals surface area contributed by atoms with Gasteiger partial charge in [-0.1, -0.05) is 23.2 Å². The molecular weight excluding hydrogens is 283 g/mol. The lowest BCUT2D eigenvalue weighted by molar-refractivity contribution is 0.438. The van der Waals surface area contributed by atoms with Crippen LogP contribution < -0.4 is 21.4 Å². The van der Waals surface area contributed by atoms with Crippen molar-refractivity contribution < 1.29 is 4.74 Å². The third kappa shape index (κ3) is 2.73. The number of hydrogen-bond donors (Lipinski definition) is 3. The van der Waals surface area contributed by atoms with Gasteiger partial charge in [-0.2, -0.15) is 0 Å². The van der Waals surface area contributed by atoms with Crippen molar-refractivity contribution in [2.75, 3.05) is 0 Å². The van der Waals surface area contributed by atoms with E-state index in [4.69, 9.17) is 46.0 Å². The molecule has 0 aromatic heterocycles. The zero-order valence-electron chi connectivity index (χ0n) is 8.41. The Labute approximate surface area is 113 Å². The fourth-order valence-electron chi connectivity index (χ4n) is 1.12. The summed E-state index contributed by atoms with van der Waals surface area (Å²) >= 11 is 16.6. The Morgan fingerprint density at radius 2 is 2.12 bits per heavy atom. The number of rotatable bonds is 2. The van der Waals surface area contributed by atoms with Crippen LogP contribution in [0.5, 0.6) is 5.75 Å². The predicted octanol–water partition coefficient (Wildman–Crippen LogP) is 1.74. The Morgan fingerprint density at radius 1 is 1.35 bits per heavy atom. The average molecular weight is 291 g/mol. The molecule has 2 rings (SSSR count). The molecule has 17 heavy (non-hydrogen) atoms. The highest BCUT2D eigenvalue weighted by Crippen LogP contribution is 2.27. The number of nitrogens with two attached hydrogens (primary N) is 1. The minimum atomic E-state index is 0.349. The fourth-order valence-corrected chi connectivity index (χ4v) is 1.73. The van der Waals surface area contributed by atoms with Gasteiger partial charge in [0.2, 0.25) is 5.11 Å². The first kappa shape index (κ1) is 12.3. The first-order valence-corrected chi connectivity index (χ1v) is 5.67. The van der Waals surface area contributed by atoms with E-state index in [1.165, 1.54) is 11.3 Å². The van der Waals surface area contributed by atoms with Crippen molar-refractivity contribution in [1.82, 2.24) is 15.9 Å². The maximum Gasteiger partial charge on any atom is 0.208 e. The molecule has 90 valence electrons. The Hall–Kier alpha value is -1.21. The monoisotopic (exact) mass is 290 g/mol. The van der Waals surface area contributed by atoms with Gasteiger partial charge in [-0.25, -0.2) is 10.9 Å². The molecule has 0 aliphatic carbocycles. The first-order chi connectivity index (χ1) is 8.08. The zero-order chi connectivity index (χ0) is 12.4. The number of thiocarbonyl (C=S) groups is 1. The number of ether oxygens (including phenoxy) is 1. The van der Waals surface area contributed by atoms with Gasteiger partial charge in [-0.15, -0.1) is 0 Å². The van der Waals surface area contributed by atoms with Crippen LogP contribution in [0, 0.1) is 0 Å². The molecule has 5 nitrogen and oxygen atoms in total. The molecule has 0 saturated carbocycles. The third-order valence-electron chi connectivity index (χ3n) is 1.97. The average Bonchev–Trinajstić information content (AvgIpc) is 2.59. The van der Waals surface area contributed by atoms with Crippen LogP contribution in [0.15, 0.2) is 30.3 Å². The van der Waals surface area contributed by atoms with Crippen LogP contribution in [0.3, 0.4) is 0 Å². The van der Waals surface area contributed by atoms with E-state index < -0.39 is 0 Å². The smallest absolute Gasteiger partial charge is 0.208 e. The Kier molecular flexibility index (Phi) is 3.58. The largest absolute Gasteiger partial charge is 0.460 e. The number of nitrogens with zero attached hydrogens (tertiary/aromatic N) is 1. The van der Waals surface area contributed by atoms with Gasteiger partial charge in [0.25, 0.3) is 0 Å². The summed E-state index contributed by atoms with van der Waals surface area (Å²) in [7, 11) is 0. The lowest BCUT2D eigenvalue weighted by Crippen LogP contribution is -2.33. The first-order valence-electron chi connectivity index (χ1n) is 4.50. The molecule has 0 radical (unpaired) electrons. The predicted molar refractivity (Wildman–Crippen MR) is 70.1 cm³/mol. The fraction of sp³-hybridized carbons (Fsp3) is 0. The quantitative estimate of drug-likeness (QED) is 0.438. The molecular formula is C9H8Cl2N4OS. The molecule has 1 fully saturated rings. The highest BCUT2D eigenvalue weighted by atomic mass is 35.5. The summed E-state index contributed by atoms with van der Waals surface area (Å²) in [6, 6.07) is 4.91. The van der Waals surface area contributed by atoms with E-state index in [1.54, 1.807) is 18.2 Å². The summed E-state index contributed by atoms with van der Waals surface area (Å²) in [5.74, 6) is 6.56. The van der Waals surface area contributed by atoms with Crippen LogP contribution in [0.2, 0.25) is 10.0 Å². The molecule has 1 aromatic rings. The minimum Gasteiger partial charge on any atom is -0.460 e. The van der Waals surface area contributed by atoms with Crippen LogP contribution in [0.4, 0.5) is 0 Å². The molecule has 1 saturated heterocycles. The molecule has 0 atom stereocenters. The molecule has 8 heteroatoms. The lowest BCUT2D eigenvalue weighted by Gasteiger charge is -2.09. The number of nitrogens with one attached hydrogen (secondary N) is 2. The molecule has 0 amide bonds. The van der Waals surface area contributed by atoms with Crippen molar-refractivity contribution in [3.8, 4) is 5.75 Å². The van der Waals surface area contributed by atoms with E-state index in [0.717, 1.165) is 0 Å². The number of halogens is 2. The van der Waals surface area contributed by atoms with Crippen LogP contribution in [-0.2, 0) is 0 Å². The molecule has 0 bridgehead atoms. The van der Waals surface area contributed by atoms with Gasteiger partial charge >= 0.3 is 0 Å². The number of hydrogen-bond acceptors (Lipinski definition) is 4. The number of benzene rings is 1. The van der Waals surface area contributed by atoms with Gasteiger partial charge in [0.15, 0.2) is 5.82 Å². The highest BCUT2D eigenvalue weighted by molar-refractivity contribution is 7.80. The van der Waals surface area contributed by atoms with E-state index in [9.17, 15) is 0 Å². The van der Waals surface area contributed by atoms with Crippen LogP contribution in [-0.4, -0.2) is 10.1 Å². The van der Waals surface area contributed by atoms with Gasteiger partial charge in [-0.3, -0.25) is 10.9 Å².